The van der Waals surface area contributed by atoms with Crippen LogP contribution in [-0.4, -0.2) is 56.8 Å². The number of hydrogen-bond acceptors (Lipinski definition) is 6. The van der Waals surface area contributed by atoms with E-state index in [-0.39, 0.29) is 0 Å². The molecule has 10 heteroatoms. The Hall–Kier alpha value is -2.53. The van der Waals surface area contributed by atoms with Crippen molar-refractivity contribution >= 4 is 34.4 Å². The molecule has 1 aromatic carbocycles. The van der Waals surface area contributed by atoms with Gasteiger partial charge in [-0.2, -0.15) is 0 Å². The summed E-state index contributed by atoms with van der Waals surface area (Å²) in [6.45, 7) is 3.43. The van der Waals surface area contributed by atoms with E-state index in [1.807, 2.05) is 12.1 Å². The molecular weight excluding hydrogens is 442 g/mol. The number of carbonyl (C=O) groups excluding carboxylic acids is 1. The highest BCUT2D eigenvalue weighted by Gasteiger charge is 2.22. The number of nitrogens with one attached hydrogen (secondary N) is 2. The number of aromatic nitrogens is 1. The van der Waals surface area contributed by atoms with Crippen LogP contribution < -0.4 is 16.4 Å². The number of amides is 1. The number of hydrogen-bond donors (Lipinski definition) is 4. The molecule has 9 nitrogen and oxygen atoms in total. The van der Waals surface area contributed by atoms with Crippen molar-refractivity contribution in [1.82, 2.24) is 9.29 Å². The van der Waals surface area contributed by atoms with E-state index in [2.05, 4.69) is 27.8 Å². The lowest BCUT2D eigenvalue weighted by Crippen LogP contribution is -2.36. The number of benzene rings is 1. The van der Waals surface area contributed by atoms with Gasteiger partial charge in [0.05, 0.1) is 11.3 Å². The van der Waals surface area contributed by atoms with Crippen LogP contribution in [0.15, 0.2) is 36.5 Å². The number of primary amides is 1. The third kappa shape index (κ3) is 6.29. The molecule has 3 heterocycles. The van der Waals surface area contributed by atoms with Crippen LogP contribution in [0.25, 0.3) is 0 Å². The normalized spacial score (nSPS) is 19.2. The van der Waals surface area contributed by atoms with Crippen molar-refractivity contribution in [2.24, 2.45) is 11.7 Å². The van der Waals surface area contributed by atoms with E-state index in [4.69, 9.17) is 10.5 Å². The van der Waals surface area contributed by atoms with Crippen molar-refractivity contribution in [3.63, 3.8) is 0 Å². The summed E-state index contributed by atoms with van der Waals surface area (Å²) in [6.07, 6.45) is 5.20. The first-order valence-electron chi connectivity index (χ1n) is 11.3. The highest BCUT2D eigenvalue weighted by atomic mass is 32.2. The van der Waals surface area contributed by atoms with Gasteiger partial charge in [-0.3, -0.25) is 9.35 Å². The first-order chi connectivity index (χ1) is 16.0. The molecule has 1 atom stereocenters. The molecular formula is C23H31N5O4S. The molecule has 2 aromatic rings. The van der Waals surface area contributed by atoms with Crippen LogP contribution in [-0.2, 0) is 16.0 Å². The van der Waals surface area contributed by atoms with Crippen molar-refractivity contribution in [2.45, 2.75) is 31.6 Å². The largest absolute Gasteiger partial charge is 0.384 e. The highest BCUT2D eigenvalue weighted by Crippen LogP contribution is 2.29. The van der Waals surface area contributed by atoms with Crippen LogP contribution in [0, 0.1) is 5.92 Å². The van der Waals surface area contributed by atoms with E-state index in [1.165, 1.54) is 11.8 Å². The minimum atomic E-state index is -1.91. The van der Waals surface area contributed by atoms with Crippen LogP contribution in [0.2, 0.25) is 0 Å². The molecule has 2 aliphatic heterocycles. The Bertz CT molecular complexity index is 973. The Morgan fingerprint density at radius 1 is 1.18 bits per heavy atom. The number of piperidine rings is 1. The number of pyridine rings is 1. The van der Waals surface area contributed by atoms with E-state index in [9.17, 15) is 13.6 Å². The molecule has 5 N–H and O–H groups in total. The maximum Gasteiger partial charge on any atom is 0.252 e. The van der Waals surface area contributed by atoms with E-state index in [0.29, 0.717) is 48.5 Å². The van der Waals surface area contributed by atoms with Gasteiger partial charge in [0.1, 0.15) is 5.82 Å². The summed E-state index contributed by atoms with van der Waals surface area (Å²) in [4.78, 5) is 16.2. The maximum absolute atomic E-state index is 11.9. The standard InChI is InChI=1S/C23H31N5O4S/c24-23(29)20-15-26-22(13-21(20)25-14-16-5-9-28(10-6-16)33(30)31)27-19-3-1-17(2-4-19)18-7-11-32-12-8-18/h1-4,13,15-16,18H,5-12,14H2,(H2,24,29)(H,30,31)(H2,25,26,27). The molecule has 33 heavy (non-hydrogen) atoms. The third-order valence-electron chi connectivity index (χ3n) is 6.42. The van der Waals surface area contributed by atoms with Crippen molar-refractivity contribution < 1.29 is 18.3 Å². The number of carbonyl (C=O) groups is 1. The predicted octanol–water partition coefficient (Wildman–Crippen LogP) is 3.08. The zero-order valence-electron chi connectivity index (χ0n) is 18.5. The van der Waals surface area contributed by atoms with Gasteiger partial charge in [-0.1, -0.05) is 12.1 Å². The Kier molecular flexibility index (Phi) is 7.92. The average molecular weight is 474 g/mol. The Balaban J connectivity index is 1.39. The lowest BCUT2D eigenvalue weighted by molar-refractivity contribution is 0.0853. The van der Waals surface area contributed by atoms with Gasteiger partial charge in [-0.15, -0.1) is 0 Å². The lowest BCUT2D eigenvalue weighted by atomic mass is 9.92. The third-order valence-corrected chi connectivity index (χ3v) is 7.23. The molecule has 2 saturated heterocycles. The lowest BCUT2D eigenvalue weighted by Gasteiger charge is -2.29. The minimum absolute atomic E-state index is 0.337. The second-order valence-corrected chi connectivity index (χ2v) is 9.57. The number of nitrogens with two attached hydrogens (primary N) is 1. The summed E-state index contributed by atoms with van der Waals surface area (Å²) in [7, 11) is 0. The van der Waals surface area contributed by atoms with Crippen LogP contribution in [0.1, 0.15) is 47.5 Å². The van der Waals surface area contributed by atoms with Crippen molar-refractivity contribution in [2.75, 3.05) is 43.5 Å². The molecule has 1 unspecified atom stereocenters. The number of rotatable bonds is 8. The van der Waals surface area contributed by atoms with E-state index >= 15 is 0 Å². The Morgan fingerprint density at radius 2 is 1.88 bits per heavy atom. The van der Waals surface area contributed by atoms with E-state index in [0.717, 1.165) is 44.6 Å². The Labute approximate surface area is 196 Å². The number of nitrogens with zero attached hydrogens (tertiary/aromatic N) is 2. The van der Waals surface area contributed by atoms with Gasteiger partial charge < -0.3 is 21.1 Å². The van der Waals surface area contributed by atoms with Gasteiger partial charge in [0, 0.05) is 50.8 Å². The van der Waals surface area contributed by atoms with Crippen molar-refractivity contribution in [3.05, 3.63) is 47.7 Å². The molecule has 178 valence electrons. The summed E-state index contributed by atoms with van der Waals surface area (Å²) in [6, 6.07) is 10.2. The molecule has 4 rings (SSSR count). The molecule has 2 aliphatic rings. The average Bonchev–Trinajstić information content (AvgIpc) is 2.84. The fraction of sp³-hybridized carbons (Fsp3) is 0.478. The summed E-state index contributed by atoms with van der Waals surface area (Å²) in [5, 5.41) is 6.64. The summed E-state index contributed by atoms with van der Waals surface area (Å²) in [5.41, 5.74) is 8.75. The zero-order chi connectivity index (χ0) is 23.2. The topological polar surface area (TPSA) is 130 Å². The van der Waals surface area contributed by atoms with E-state index < -0.39 is 17.2 Å². The van der Waals surface area contributed by atoms with E-state index in [1.54, 1.807) is 10.4 Å². The maximum atomic E-state index is 11.9. The van der Waals surface area contributed by atoms with Crippen LogP contribution in [0.4, 0.5) is 17.2 Å². The highest BCUT2D eigenvalue weighted by molar-refractivity contribution is 7.76. The van der Waals surface area contributed by atoms with Gasteiger partial charge in [0.2, 0.25) is 11.3 Å². The van der Waals surface area contributed by atoms with Crippen molar-refractivity contribution in [1.29, 1.82) is 0 Å². The SMILES string of the molecule is NC(=O)c1cnc(Nc2ccc(C3CCOCC3)cc2)cc1NCC1CCN(S(=O)O)CC1. The number of ether oxygens (including phenoxy) is 1. The molecule has 1 aromatic heterocycles. The smallest absolute Gasteiger partial charge is 0.252 e. The Morgan fingerprint density at radius 3 is 2.52 bits per heavy atom. The minimum Gasteiger partial charge on any atom is -0.384 e. The molecule has 0 bridgehead atoms. The second-order valence-electron chi connectivity index (χ2n) is 8.60. The van der Waals surface area contributed by atoms with Gasteiger partial charge >= 0.3 is 0 Å². The predicted molar refractivity (Wildman–Crippen MR) is 129 cm³/mol. The van der Waals surface area contributed by atoms with Gasteiger partial charge in [-0.25, -0.2) is 13.5 Å². The van der Waals surface area contributed by atoms with Gasteiger partial charge in [-0.05, 0) is 55.2 Å². The fourth-order valence-corrected chi connectivity index (χ4v) is 4.93. The summed E-state index contributed by atoms with van der Waals surface area (Å²) in [5.74, 6) is 0.961. The first-order valence-corrected chi connectivity index (χ1v) is 12.4. The fourth-order valence-electron chi connectivity index (χ4n) is 4.41. The molecule has 1 amide bonds. The van der Waals surface area contributed by atoms with Crippen LogP contribution >= 0.6 is 0 Å². The summed E-state index contributed by atoms with van der Waals surface area (Å²) >= 11 is -1.91. The van der Waals surface area contributed by atoms with Crippen LogP contribution in [0.3, 0.4) is 0 Å². The molecule has 0 spiro atoms. The quantitative estimate of drug-likeness (QED) is 0.434. The first kappa shape index (κ1) is 23.6. The van der Waals surface area contributed by atoms with Gasteiger partial charge in [0.15, 0.2) is 0 Å². The molecule has 0 aliphatic carbocycles. The molecule has 2 fully saturated rings. The van der Waals surface area contributed by atoms with Crippen molar-refractivity contribution in [3.8, 4) is 0 Å². The number of anilines is 3. The van der Waals surface area contributed by atoms with Crippen LogP contribution in [0.5, 0.6) is 0 Å². The molecule has 0 radical (unpaired) electrons. The second kappa shape index (κ2) is 11.1. The molecule has 0 saturated carbocycles. The van der Waals surface area contributed by atoms with Gasteiger partial charge in [0.25, 0.3) is 5.91 Å². The summed E-state index contributed by atoms with van der Waals surface area (Å²) < 4.78 is 27.4. The monoisotopic (exact) mass is 473 g/mol. The zero-order valence-corrected chi connectivity index (χ0v) is 19.4.